The Bertz CT molecular complexity index is 541. The van der Waals surface area contributed by atoms with Crippen molar-refractivity contribution in [1.29, 1.82) is 0 Å². The van der Waals surface area contributed by atoms with Crippen LogP contribution in [-0.4, -0.2) is 19.0 Å². The zero-order valence-corrected chi connectivity index (χ0v) is 9.05. The van der Waals surface area contributed by atoms with Gasteiger partial charge in [0.1, 0.15) is 5.56 Å². The topological polar surface area (TPSA) is 77.9 Å². The van der Waals surface area contributed by atoms with Gasteiger partial charge in [0.15, 0.2) is 23.3 Å². The minimum atomic E-state index is -2.35. The van der Waals surface area contributed by atoms with Crippen LogP contribution in [0.3, 0.4) is 0 Å². The Morgan fingerprint density at radius 1 is 1.05 bits per heavy atom. The number of rotatable bonds is 4. The molecule has 0 unspecified atom stereocenters. The monoisotopic (exact) mass is 280 g/mol. The third-order valence-electron chi connectivity index (χ3n) is 2.00. The Morgan fingerprint density at radius 2 is 1.53 bits per heavy atom. The third kappa shape index (κ3) is 2.91. The summed E-state index contributed by atoms with van der Waals surface area (Å²) in [6.07, 6.45) is 0. The van der Waals surface area contributed by atoms with Gasteiger partial charge in [-0.1, -0.05) is 5.11 Å². The summed E-state index contributed by atoms with van der Waals surface area (Å²) in [5, 5.41) is 4.85. The van der Waals surface area contributed by atoms with Crippen molar-refractivity contribution in [2.75, 3.05) is 13.1 Å². The molecule has 0 saturated heterocycles. The van der Waals surface area contributed by atoms with E-state index in [0.29, 0.717) is 0 Å². The Balaban J connectivity index is 3.07. The average Bonchev–Trinajstić information content (AvgIpc) is 2.39. The Hall–Kier alpha value is -2.35. The van der Waals surface area contributed by atoms with Crippen molar-refractivity contribution in [3.63, 3.8) is 0 Å². The number of azide groups is 1. The molecule has 0 aliphatic heterocycles. The maximum atomic E-state index is 13.2. The Kier molecular flexibility index (Phi) is 4.65. The summed E-state index contributed by atoms with van der Waals surface area (Å²) >= 11 is 0. The molecule has 0 aromatic heterocycles. The summed E-state index contributed by atoms with van der Waals surface area (Å²) in [7, 11) is 0. The van der Waals surface area contributed by atoms with Gasteiger partial charge in [-0.3, -0.25) is 4.79 Å². The van der Waals surface area contributed by atoms with Gasteiger partial charge in [-0.15, -0.1) is 0 Å². The van der Waals surface area contributed by atoms with E-state index in [1.807, 2.05) is 5.32 Å². The number of carbonyl (C=O) groups excluding carboxylic acids is 1. The van der Waals surface area contributed by atoms with Gasteiger partial charge < -0.3 is 5.32 Å². The molecule has 102 valence electrons. The predicted octanol–water partition coefficient (Wildman–Crippen LogP) is 2.42. The molecule has 0 atom stereocenters. The molecule has 1 rings (SSSR count). The lowest BCUT2D eigenvalue weighted by atomic mass is 10.1. The molecule has 1 N–H and O–H groups in total. The molecule has 5 nitrogen and oxygen atoms in total. The lowest BCUT2D eigenvalue weighted by Gasteiger charge is -2.08. The van der Waals surface area contributed by atoms with E-state index in [1.165, 1.54) is 0 Å². The van der Waals surface area contributed by atoms with E-state index in [1.54, 1.807) is 0 Å². The molecule has 0 saturated carbocycles. The van der Waals surface area contributed by atoms with Gasteiger partial charge in [-0.2, -0.15) is 0 Å². The van der Waals surface area contributed by atoms with Crippen LogP contribution in [0.2, 0.25) is 0 Å². The summed E-state index contributed by atoms with van der Waals surface area (Å²) in [5.41, 5.74) is 6.34. The number of hydrogen-bond donors (Lipinski definition) is 1. The van der Waals surface area contributed by atoms with E-state index >= 15 is 0 Å². The molecule has 0 heterocycles. The van der Waals surface area contributed by atoms with Crippen LogP contribution in [0.25, 0.3) is 10.4 Å². The molecule has 1 amide bonds. The molecule has 0 aliphatic carbocycles. The van der Waals surface area contributed by atoms with Crippen LogP contribution in [-0.2, 0) is 0 Å². The second-order valence-corrected chi connectivity index (χ2v) is 3.16. The highest BCUT2D eigenvalue weighted by atomic mass is 19.2. The summed E-state index contributed by atoms with van der Waals surface area (Å²) in [4.78, 5) is 13.6. The highest BCUT2D eigenvalue weighted by Crippen LogP contribution is 2.22. The maximum Gasteiger partial charge on any atom is 0.257 e. The first kappa shape index (κ1) is 14.7. The minimum absolute atomic E-state index is 0.238. The molecule has 0 fully saturated rings. The van der Waals surface area contributed by atoms with Crippen molar-refractivity contribution >= 4 is 5.91 Å². The zero-order valence-electron chi connectivity index (χ0n) is 9.05. The first-order chi connectivity index (χ1) is 8.91. The number of carbonyl (C=O) groups is 1. The number of halogens is 5. The summed E-state index contributed by atoms with van der Waals surface area (Å²) in [6.45, 7) is -0.556. The van der Waals surface area contributed by atoms with Crippen LogP contribution in [0.1, 0.15) is 10.4 Å². The fourth-order valence-corrected chi connectivity index (χ4v) is 1.16. The van der Waals surface area contributed by atoms with Gasteiger partial charge in [0.05, 0.1) is 0 Å². The number of amides is 1. The molecule has 0 aliphatic rings. The first-order valence-electron chi connectivity index (χ1n) is 4.72. The molecule has 0 radical (unpaired) electrons. The minimum Gasteiger partial charge on any atom is -0.352 e. The first-order valence-corrected chi connectivity index (χ1v) is 4.72. The van der Waals surface area contributed by atoms with E-state index in [9.17, 15) is 26.7 Å². The van der Waals surface area contributed by atoms with Gasteiger partial charge in [0.25, 0.3) is 5.91 Å². The Labute approximate surface area is 102 Å². The second kappa shape index (κ2) is 6.01. The van der Waals surface area contributed by atoms with Crippen LogP contribution in [0.15, 0.2) is 5.11 Å². The van der Waals surface area contributed by atoms with Gasteiger partial charge in [0, 0.05) is 18.0 Å². The van der Waals surface area contributed by atoms with Gasteiger partial charge in [0.2, 0.25) is 5.82 Å². The van der Waals surface area contributed by atoms with Crippen LogP contribution in [0.4, 0.5) is 22.0 Å². The van der Waals surface area contributed by atoms with E-state index in [0.717, 1.165) is 0 Å². The van der Waals surface area contributed by atoms with Gasteiger partial charge >= 0.3 is 0 Å². The van der Waals surface area contributed by atoms with E-state index in [-0.39, 0.29) is 13.1 Å². The van der Waals surface area contributed by atoms with E-state index < -0.39 is 40.6 Å². The summed E-state index contributed by atoms with van der Waals surface area (Å²) < 4.78 is 64.6. The normalized spacial score (nSPS) is 9.95. The predicted molar refractivity (Wildman–Crippen MR) is 52.6 cm³/mol. The van der Waals surface area contributed by atoms with Crippen molar-refractivity contribution in [1.82, 2.24) is 5.32 Å². The largest absolute Gasteiger partial charge is 0.352 e. The molecule has 1 aromatic carbocycles. The number of hydrogen-bond acceptors (Lipinski definition) is 2. The highest BCUT2D eigenvalue weighted by Gasteiger charge is 2.29. The fourth-order valence-electron chi connectivity index (χ4n) is 1.16. The SMILES string of the molecule is [N-]=[N+]=NCCNC(=O)c1c(F)c(F)c(F)c(F)c1F. The van der Waals surface area contributed by atoms with Gasteiger partial charge in [-0.25, -0.2) is 22.0 Å². The van der Waals surface area contributed by atoms with Crippen molar-refractivity contribution in [2.24, 2.45) is 5.11 Å². The molecular formula is C9H5F5N4O. The smallest absolute Gasteiger partial charge is 0.257 e. The number of nitrogens with zero attached hydrogens (tertiary/aromatic N) is 3. The Morgan fingerprint density at radius 3 is 2.00 bits per heavy atom. The highest BCUT2D eigenvalue weighted by molar-refractivity contribution is 5.94. The van der Waals surface area contributed by atoms with Crippen molar-refractivity contribution < 1.29 is 26.7 Å². The van der Waals surface area contributed by atoms with Crippen LogP contribution >= 0.6 is 0 Å². The molecule has 10 heteroatoms. The third-order valence-corrected chi connectivity index (χ3v) is 2.00. The van der Waals surface area contributed by atoms with Gasteiger partial charge in [-0.05, 0) is 5.53 Å². The molecule has 1 aromatic rings. The quantitative estimate of drug-likeness (QED) is 0.172. The molecule has 19 heavy (non-hydrogen) atoms. The average molecular weight is 280 g/mol. The maximum absolute atomic E-state index is 13.2. The van der Waals surface area contributed by atoms with E-state index in [4.69, 9.17) is 5.53 Å². The zero-order chi connectivity index (χ0) is 14.6. The van der Waals surface area contributed by atoms with Crippen molar-refractivity contribution in [2.45, 2.75) is 0 Å². The van der Waals surface area contributed by atoms with Crippen LogP contribution < -0.4 is 5.32 Å². The molecule has 0 spiro atoms. The van der Waals surface area contributed by atoms with E-state index in [2.05, 4.69) is 10.0 Å². The fraction of sp³-hybridized carbons (Fsp3) is 0.222. The van der Waals surface area contributed by atoms with Crippen molar-refractivity contribution in [3.05, 3.63) is 45.1 Å². The summed E-state index contributed by atoms with van der Waals surface area (Å²) in [6, 6.07) is 0. The second-order valence-electron chi connectivity index (χ2n) is 3.16. The summed E-state index contributed by atoms with van der Waals surface area (Å²) in [5.74, 6) is -12.7. The van der Waals surface area contributed by atoms with Crippen molar-refractivity contribution in [3.8, 4) is 0 Å². The standard InChI is InChI=1S/C9H5F5N4O/c10-4-3(9(19)16-1-2-17-18-15)5(11)7(13)8(14)6(4)12/h1-2H2,(H,16,19). The van der Waals surface area contributed by atoms with Crippen LogP contribution in [0, 0.1) is 29.1 Å². The number of benzene rings is 1. The molecule has 0 bridgehead atoms. The van der Waals surface area contributed by atoms with Crippen LogP contribution in [0.5, 0.6) is 0 Å². The molecular weight excluding hydrogens is 275 g/mol. The number of nitrogens with one attached hydrogen (secondary N) is 1. The lowest BCUT2D eigenvalue weighted by molar-refractivity contribution is 0.0943. The lowest BCUT2D eigenvalue weighted by Crippen LogP contribution is -2.29.